The summed E-state index contributed by atoms with van der Waals surface area (Å²) in [6, 6.07) is 12.9. The molecule has 0 unspecified atom stereocenters. The molecule has 0 aliphatic carbocycles. The molecule has 0 saturated carbocycles. The van der Waals surface area contributed by atoms with Crippen LogP contribution in [-0.2, 0) is 0 Å². The summed E-state index contributed by atoms with van der Waals surface area (Å²) in [6.07, 6.45) is 1.64. The van der Waals surface area contributed by atoms with Gasteiger partial charge in [0.05, 0.1) is 23.4 Å². The number of halogens is 1. The Bertz CT molecular complexity index is 823. The second-order valence-electron chi connectivity index (χ2n) is 4.76. The molecule has 0 spiro atoms. The number of hydrogen-bond donors (Lipinski definition) is 2. The number of nitrogens with zero attached hydrogens (tertiary/aromatic N) is 1. The third kappa shape index (κ3) is 2.92. The molecule has 1 heterocycles. The molecule has 1 aromatic heterocycles. The first-order valence-electron chi connectivity index (χ1n) is 6.94. The summed E-state index contributed by atoms with van der Waals surface area (Å²) in [5.74, 6) is 0.887. The minimum absolute atomic E-state index is 0.0759. The molecule has 4 nitrogen and oxygen atoms in total. The van der Waals surface area contributed by atoms with Crippen molar-refractivity contribution in [1.29, 1.82) is 0 Å². The lowest BCUT2D eigenvalue weighted by molar-refractivity contribution is 0.340. The predicted octanol–water partition coefficient (Wildman–Crippen LogP) is 4.68. The van der Waals surface area contributed by atoms with E-state index in [0.717, 1.165) is 22.3 Å². The summed E-state index contributed by atoms with van der Waals surface area (Å²) >= 11 is 5.95. The summed E-state index contributed by atoms with van der Waals surface area (Å²) < 4.78 is 5.39. The highest BCUT2D eigenvalue weighted by molar-refractivity contribution is 6.31. The van der Waals surface area contributed by atoms with E-state index in [4.69, 9.17) is 16.3 Å². The van der Waals surface area contributed by atoms with Gasteiger partial charge in [-0.1, -0.05) is 17.7 Å². The van der Waals surface area contributed by atoms with Gasteiger partial charge in [-0.15, -0.1) is 0 Å². The van der Waals surface area contributed by atoms with Crippen LogP contribution in [0.25, 0.3) is 10.9 Å². The zero-order valence-corrected chi connectivity index (χ0v) is 12.8. The summed E-state index contributed by atoms with van der Waals surface area (Å²) in [5.41, 5.74) is 2.20. The molecule has 0 amide bonds. The van der Waals surface area contributed by atoms with Crippen LogP contribution in [0.5, 0.6) is 11.6 Å². The summed E-state index contributed by atoms with van der Waals surface area (Å²) in [4.78, 5) is 7.28. The van der Waals surface area contributed by atoms with Crippen molar-refractivity contribution in [3.05, 3.63) is 53.1 Å². The van der Waals surface area contributed by atoms with Crippen molar-refractivity contribution < 1.29 is 9.84 Å². The fraction of sp³-hybridized carbons (Fsp3) is 0.118. The topological polar surface area (TPSA) is 57.6 Å². The Kier molecular flexibility index (Phi) is 4.02. The highest BCUT2D eigenvalue weighted by Gasteiger charge is 2.08. The Morgan fingerprint density at radius 1 is 1.23 bits per heavy atom. The van der Waals surface area contributed by atoms with Gasteiger partial charge in [-0.25, -0.2) is 0 Å². The van der Waals surface area contributed by atoms with Crippen molar-refractivity contribution >= 4 is 34.4 Å². The molecule has 2 N–H and O–H groups in total. The summed E-state index contributed by atoms with van der Waals surface area (Å²) in [6.45, 7) is 2.58. The minimum atomic E-state index is 0.0759. The highest BCUT2D eigenvalue weighted by atomic mass is 35.5. The van der Waals surface area contributed by atoms with E-state index in [9.17, 15) is 5.11 Å². The summed E-state index contributed by atoms with van der Waals surface area (Å²) in [7, 11) is 0. The molecule has 2 aromatic carbocycles. The maximum absolute atomic E-state index is 10.0. The molecule has 0 radical (unpaired) electrons. The zero-order chi connectivity index (χ0) is 15.5. The Morgan fingerprint density at radius 2 is 2.00 bits per heavy atom. The first-order chi connectivity index (χ1) is 10.7. The van der Waals surface area contributed by atoms with E-state index < -0.39 is 0 Å². The molecule has 3 aromatic rings. The maximum Gasteiger partial charge on any atom is 0.198 e. The van der Waals surface area contributed by atoms with Gasteiger partial charge in [0.15, 0.2) is 5.88 Å². The van der Waals surface area contributed by atoms with Gasteiger partial charge in [0.25, 0.3) is 0 Å². The molecule has 22 heavy (non-hydrogen) atoms. The van der Waals surface area contributed by atoms with Gasteiger partial charge in [-0.2, -0.15) is 0 Å². The number of aliphatic imine (C=N–C) groups is 1. The standard InChI is InChI=1S/C17H15ClN2O2/c1-2-22-13-6-4-12(5-7-13)19-10-15-14-8-3-11(18)9-16(14)20-17(15)21/h3-10,20-21H,2H2,1H3. The first-order valence-corrected chi connectivity index (χ1v) is 7.32. The SMILES string of the molecule is CCOc1ccc(N=Cc2c(O)[nH]c3cc(Cl)ccc23)cc1. The van der Waals surface area contributed by atoms with Crippen LogP contribution < -0.4 is 4.74 Å². The van der Waals surface area contributed by atoms with Crippen LogP contribution in [0.4, 0.5) is 5.69 Å². The molecule has 0 aliphatic heterocycles. The highest BCUT2D eigenvalue weighted by Crippen LogP contribution is 2.28. The third-order valence-electron chi connectivity index (χ3n) is 3.27. The molecule has 112 valence electrons. The number of aromatic hydroxyl groups is 1. The van der Waals surface area contributed by atoms with Crippen LogP contribution in [0.1, 0.15) is 12.5 Å². The first kappa shape index (κ1) is 14.5. The van der Waals surface area contributed by atoms with Crippen molar-refractivity contribution in [2.24, 2.45) is 4.99 Å². The van der Waals surface area contributed by atoms with Crippen molar-refractivity contribution in [2.45, 2.75) is 6.92 Å². The van der Waals surface area contributed by atoms with Gasteiger partial charge in [-0.3, -0.25) is 4.99 Å². The Hall–Kier alpha value is -2.46. The lowest BCUT2D eigenvalue weighted by atomic mass is 10.2. The molecule has 0 atom stereocenters. The monoisotopic (exact) mass is 314 g/mol. The number of fused-ring (bicyclic) bond motifs is 1. The summed E-state index contributed by atoms with van der Waals surface area (Å²) in [5, 5.41) is 11.5. The van der Waals surface area contributed by atoms with E-state index in [1.54, 1.807) is 18.3 Å². The molecule has 0 bridgehead atoms. The normalized spacial score (nSPS) is 11.4. The fourth-order valence-electron chi connectivity index (χ4n) is 2.24. The minimum Gasteiger partial charge on any atom is -0.494 e. The van der Waals surface area contributed by atoms with Crippen molar-refractivity contribution in [1.82, 2.24) is 4.98 Å². The van der Waals surface area contributed by atoms with Gasteiger partial charge < -0.3 is 14.8 Å². The van der Waals surface area contributed by atoms with Crippen LogP contribution in [0.2, 0.25) is 5.02 Å². The van der Waals surface area contributed by atoms with Crippen molar-refractivity contribution in [3.8, 4) is 11.6 Å². The van der Waals surface area contributed by atoms with E-state index in [0.29, 0.717) is 17.2 Å². The van der Waals surface area contributed by atoms with E-state index in [1.165, 1.54) is 0 Å². The lowest BCUT2D eigenvalue weighted by Gasteiger charge is -2.02. The number of benzene rings is 2. The number of ether oxygens (including phenoxy) is 1. The maximum atomic E-state index is 10.0. The smallest absolute Gasteiger partial charge is 0.198 e. The van der Waals surface area contributed by atoms with Crippen molar-refractivity contribution in [3.63, 3.8) is 0 Å². The Balaban J connectivity index is 1.90. The average molecular weight is 315 g/mol. The lowest BCUT2D eigenvalue weighted by Crippen LogP contribution is -1.89. The van der Waals surface area contributed by atoms with Crippen LogP contribution in [0, 0.1) is 0 Å². The predicted molar refractivity (Wildman–Crippen MR) is 89.8 cm³/mol. The molecule has 0 saturated heterocycles. The molecule has 5 heteroatoms. The largest absolute Gasteiger partial charge is 0.494 e. The molecule has 0 fully saturated rings. The number of hydrogen-bond acceptors (Lipinski definition) is 3. The van der Waals surface area contributed by atoms with Gasteiger partial charge >= 0.3 is 0 Å². The molecule has 0 aliphatic rings. The van der Waals surface area contributed by atoms with Crippen LogP contribution in [0.3, 0.4) is 0 Å². The van der Waals surface area contributed by atoms with Gasteiger partial charge in [0, 0.05) is 16.6 Å². The van der Waals surface area contributed by atoms with Gasteiger partial charge in [0.1, 0.15) is 5.75 Å². The molecular formula is C17H15ClN2O2. The second-order valence-corrected chi connectivity index (χ2v) is 5.20. The number of aromatic amines is 1. The number of rotatable bonds is 4. The van der Waals surface area contributed by atoms with Crippen LogP contribution >= 0.6 is 11.6 Å². The quantitative estimate of drug-likeness (QED) is 0.687. The molecule has 3 rings (SSSR count). The number of aromatic nitrogens is 1. The number of H-pyrrole nitrogens is 1. The van der Waals surface area contributed by atoms with Crippen LogP contribution in [-0.4, -0.2) is 22.9 Å². The fourth-order valence-corrected chi connectivity index (χ4v) is 2.41. The van der Waals surface area contributed by atoms with E-state index in [1.807, 2.05) is 37.3 Å². The van der Waals surface area contributed by atoms with Crippen molar-refractivity contribution in [2.75, 3.05) is 6.61 Å². The van der Waals surface area contributed by atoms with E-state index >= 15 is 0 Å². The third-order valence-corrected chi connectivity index (χ3v) is 3.51. The van der Waals surface area contributed by atoms with Gasteiger partial charge in [-0.05, 0) is 43.3 Å². The Morgan fingerprint density at radius 3 is 2.73 bits per heavy atom. The molecular weight excluding hydrogens is 300 g/mol. The Labute approximate surface area is 133 Å². The van der Waals surface area contributed by atoms with E-state index in [-0.39, 0.29) is 5.88 Å². The second kappa shape index (κ2) is 6.12. The van der Waals surface area contributed by atoms with Crippen LogP contribution in [0.15, 0.2) is 47.5 Å². The average Bonchev–Trinajstić information content (AvgIpc) is 2.81. The number of nitrogens with one attached hydrogen (secondary N) is 1. The zero-order valence-electron chi connectivity index (χ0n) is 12.0. The van der Waals surface area contributed by atoms with Gasteiger partial charge in [0.2, 0.25) is 0 Å². The van der Waals surface area contributed by atoms with E-state index in [2.05, 4.69) is 9.98 Å².